The molecule has 1 aromatic carbocycles. The maximum absolute atomic E-state index is 14.4. The largest absolute Gasteiger partial charge is 0.497 e. The van der Waals surface area contributed by atoms with Gasteiger partial charge in [0.2, 0.25) is 11.8 Å². The number of thiazole rings is 1. The van der Waals surface area contributed by atoms with Crippen molar-refractivity contribution in [2.24, 2.45) is 11.8 Å². The SMILES string of the molecule is CCC(C)C(NC(=O)C1CCCCN1C)C(=O)N(CCOC)[C@H](C[C@@H](O)c1nc(C(=O)N[C@H]2Cc3ccc(OC)cc3[C@H](C(=O)O)C2)cs1)C(C)C. The van der Waals surface area contributed by atoms with Crippen LogP contribution in [0, 0.1) is 11.8 Å². The number of carbonyl (C=O) groups is 4. The van der Waals surface area contributed by atoms with Crippen LogP contribution in [0.25, 0.3) is 0 Å². The Hall–Kier alpha value is -3.59. The minimum Gasteiger partial charge on any atom is -0.497 e. The van der Waals surface area contributed by atoms with Gasteiger partial charge in [0.25, 0.3) is 5.91 Å². The molecule has 1 aliphatic carbocycles. The number of benzene rings is 1. The summed E-state index contributed by atoms with van der Waals surface area (Å²) in [5, 5.41) is 29.4. The molecule has 0 radical (unpaired) electrons. The molecule has 1 saturated heterocycles. The second-order valence-corrected chi connectivity index (χ2v) is 15.5. The summed E-state index contributed by atoms with van der Waals surface area (Å²) in [4.78, 5) is 61.7. The zero-order valence-electron chi connectivity index (χ0n) is 31.6. The molecule has 4 N–H and O–H groups in total. The average molecular weight is 744 g/mol. The van der Waals surface area contributed by atoms with Crippen LogP contribution in [-0.2, 0) is 25.5 Å². The molecule has 2 aromatic rings. The van der Waals surface area contributed by atoms with E-state index in [1.165, 1.54) is 7.11 Å². The van der Waals surface area contributed by atoms with Gasteiger partial charge < -0.3 is 35.2 Å². The fourth-order valence-corrected chi connectivity index (χ4v) is 8.15. The van der Waals surface area contributed by atoms with Crippen LogP contribution in [0.3, 0.4) is 0 Å². The molecule has 1 aliphatic heterocycles. The molecule has 3 unspecified atom stereocenters. The first-order chi connectivity index (χ1) is 24.8. The highest BCUT2D eigenvalue weighted by molar-refractivity contribution is 7.09. The molecule has 13 nitrogen and oxygen atoms in total. The molecule has 1 aromatic heterocycles. The normalized spacial score (nSPS) is 21.4. The second-order valence-electron chi connectivity index (χ2n) is 14.6. The molecular weight excluding hydrogens is 687 g/mol. The number of hydrogen-bond acceptors (Lipinski definition) is 10. The number of likely N-dealkylation sites (N-methyl/N-ethyl adjacent to an activating group) is 1. The number of carboxylic acid groups (broad SMARTS) is 1. The van der Waals surface area contributed by atoms with E-state index >= 15 is 0 Å². The van der Waals surface area contributed by atoms with E-state index in [4.69, 9.17) is 9.47 Å². The van der Waals surface area contributed by atoms with Gasteiger partial charge in [-0.3, -0.25) is 24.1 Å². The number of likely N-dealkylation sites (tertiary alicyclic amines) is 1. The lowest BCUT2D eigenvalue weighted by Gasteiger charge is -2.39. The van der Waals surface area contributed by atoms with Crippen LogP contribution in [0.1, 0.15) is 105 Å². The van der Waals surface area contributed by atoms with Crippen LogP contribution in [0.2, 0.25) is 0 Å². The van der Waals surface area contributed by atoms with Crippen LogP contribution in [-0.4, -0.2) is 114 Å². The number of rotatable bonds is 17. The molecule has 4 rings (SSSR count). The molecule has 52 heavy (non-hydrogen) atoms. The number of aliphatic carboxylic acids is 1. The summed E-state index contributed by atoms with van der Waals surface area (Å²) in [6.45, 7) is 9.33. The zero-order valence-corrected chi connectivity index (χ0v) is 32.4. The van der Waals surface area contributed by atoms with Gasteiger partial charge in [0.1, 0.15) is 28.6 Å². The summed E-state index contributed by atoms with van der Waals surface area (Å²) < 4.78 is 10.7. The number of piperidine rings is 1. The highest BCUT2D eigenvalue weighted by Gasteiger charge is 2.38. The van der Waals surface area contributed by atoms with Gasteiger partial charge in [0.15, 0.2) is 0 Å². The lowest BCUT2D eigenvalue weighted by molar-refractivity contribution is -0.143. The third-order valence-corrected chi connectivity index (χ3v) is 11.6. The van der Waals surface area contributed by atoms with Crippen molar-refractivity contribution in [1.29, 1.82) is 0 Å². The number of nitrogens with one attached hydrogen (secondary N) is 2. The third-order valence-electron chi connectivity index (χ3n) is 10.7. The molecule has 3 amide bonds. The van der Waals surface area contributed by atoms with Gasteiger partial charge in [-0.2, -0.15) is 0 Å². The number of hydrogen-bond donors (Lipinski definition) is 4. The predicted molar refractivity (Wildman–Crippen MR) is 199 cm³/mol. The van der Waals surface area contributed by atoms with E-state index in [-0.39, 0.29) is 61.4 Å². The van der Waals surface area contributed by atoms with Crippen molar-refractivity contribution in [3.8, 4) is 5.75 Å². The number of aromatic nitrogens is 1. The first-order valence-corrected chi connectivity index (χ1v) is 19.3. The number of aliphatic hydroxyl groups is 1. The van der Waals surface area contributed by atoms with E-state index in [1.54, 1.807) is 29.5 Å². The molecule has 1 fully saturated rings. The molecule has 14 heteroatoms. The van der Waals surface area contributed by atoms with Gasteiger partial charge in [0, 0.05) is 37.5 Å². The Kier molecular flexibility index (Phi) is 15.0. The van der Waals surface area contributed by atoms with E-state index in [0.717, 1.165) is 42.7 Å². The standard InChI is InChI=1S/C38H57N5O8S/c1-8-23(4)33(41-35(46)30-11-9-10-14-42(30)5)37(47)43(15-16-50-6)31(22(2)3)20-32(44)36-40-29(21-52-36)34(45)39-25-17-24-12-13-26(51-7)19-27(24)28(18-25)38(48)49/h12-13,19,21-23,25,28,30-33,44H,8-11,14-18,20H2,1-7H3,(H,39,45)(H,41,46)(H,48,49)/t23?,25-,28+,30?,31+,32+,33?/m0/s1. The van der Waals surface area contributed by atoms with Crippen molar-refractivity contribution < 1.29 is 38.9 Å². The van der Waals surface area contributed by atoms with E-state index in [9.17, 15) is 29.4 Å². The number of aliphatic hydroxyl groups excluding tert-OH is 1. The Morgan fingerprint density at radius 3 is 2.54 bits per heavy atom. The summed E-state index contributed by atoms with van der Waals surface area (Å²) in [7, 11) is 5.05. The molecule has 2 aliphatic rings. The number of ether oxygens (including phenoxy) is 2. The summed E-state index contributed by atoms with van der Waals surface area (Å²) in [5.41, 5.74) is 1.65. The summed E-state index contributed by atoms with van der Waals surface area (Å²) in [6, 6.07) is 3.48. The van der Waals surface area contributed by atoms with Gasteiger partial charge in [-0.25, -0.2) is 4.98 Å². The van der Waals surface area contributed by atoms with E-state index in [2.05, 4.69) is 15.6 Å². The monoisotopic (exact) mass is 743 g/mol. The molecule has 0 bridgehead atoms. The van der Waals surface area contributed by atoms with Crippen molar-refractivity contribution in [2.45, 2.75) is 109 Å². The molecule has 0 saturated carbocycles. The van der Waals surface area contributed by atoms with Crippen molar-refractivity contribution in [2.75, 3.05) is 41.0 Å². The molecule has 0 spiro atoms. The molecule has 2 heterocycles. The first-order valence-electron chi connectivity index (χ1n) is 18.4. The summed E-state index contributed by atoms with van der Waals surface area (Å²) >= 11 is 1.16. The van der Waals surface area contributed by atoms with E-state index < -0.39 is 42.0 Å². The zero-order chi connectivity index (χ0) is 38.1. The van der Waals surface area contributed by atoms with Gasteiger partial charge >= 0.3 is 5.97 Å². The highest BCUT2D eigenvalue weighted by Crippen LogP contribution is 2.35. The van der Waals surface area contributed by atoms with Crippen LogP contribution < -0.4 is 15.4 Å². The van der Waals surface area contributed by atoms with Gasteiger partial charge in [-0.1, -0.05) is 46.6 Å². The molecule has 7 atom stereocenters. The minimum atomic E-state index is -1.07. The van der Waals surface area contributed by atoms with Crippen LogP contribution in [0.4, 0.5) is 0 Å². The molecular formula is C38H57N5O8S. The third kappa shape index (κ3) is 10.1. The average Bonchev–Trinajstić information content (AvgIpc) is 3.63. The van der Waals surface area contributed by atoms with Gasteiger partial charge in [-0.05, 0) is 74.4 Å². The van der Waals surface area contributed by atoms with Crippen LogP contribution in [0.5, 0.6) is 5.75 Å². The maximum Gasteiger partial charge on any atom is 0.311 e. The lowest BCUT2D eigenvalue weighted by Crippen LogP contribution is -2.59. The fourth-order valence-electron chi connectivity index (χ4n) is 7.35. The van der Waals surface area contributed by atoms with E-state index in [1.807, 2.05) is 45.7 Å². The number of nitrogens with zero attached hydrogens (tertiary/aromatic N) is 3. The quantitative estimate of drug-likeness (QED) is 0.186. The number of carbonyl (C=O) groups excluding carboxylic acids is 3. The molecule has 288 valence electrons. The summed E-state index contributed by atoms with van der Waals surface area (Å²) in [6.07, 6.45) is 3.22. The van der Waals surface area contributed by atoms with Crippen molar-refractivity contribution in [3.05, 3.63) is 45.4 Å². The topological polar surface area (TPSA) is 171 Å². The Morgan fingerprint density at radius 2 is 1.90 bits per heavy atom. The Bertz CT molecular complexity index is 1530. The lowest BCUT2D eigenvalue weighted by atomic mass is 9.80. The Morgan fingerprint density at radius 1 is 1.15 bits per heavy atom. The summed E-state index contributed by atoms with van der Waals surface area (Å²) in [5.74, 6) is -2.18. The van der Waals surface area contributed by atoms with E-state index in [0.29, 0.717) is 29.2 Å². The predicted octanol–water partition coefficient (Wildman–Crippen LogP) is 4.00. The number of methoxy groups -OCH3 is 2. The number of carboxylic acids is 1. The van der Waals surface area contributed by atoms with Gasteiger partial charge in [0.05, 0.1) is 25.7 Å². The van der Waals surface area contributed by atoms with Crippen LogP contribution in [0.15, 0.2) is 23.6 Å². The Balaban J connectivity index is 1.48. The highest BCUT2D eigenvalue weighted by atomic mass is 32.1. The van der Waals surface area contributed by atoms with Crippen LogP contribution >= 0.6 is 11.3 Å². The second kappa shape index (κ2) is 18.9. The number of amides is 3. The van der Waals surface area contributed by atoms with Gasteiger partial charge in [-0.15, -0.1) is 11.3 Å². The number of fused-ring (bicyclic) bond motifs is 1. The minimum absolute atomic E-state index is 0.0627. The van der Waals surface area contributed by atoms with Crippen molar-refractivity contribution in [1.82, 2.24) is 25.4 Å². The van der Waals surface area contributed by atoms with Crippen molar-refractivity contribution >= 4 is 35.0 Å². The Labute approximate surface area is 311 Å². The van der Waals surface area contributed by atoms with Crippen molar-refractivity contribution in [3.63, 3.8) is 0 Å². The first kappa shape index (κ1) is 41.2. The smallest absolute Gasteiger partial charge is 0.311 e. The maximum atomic E-state index is 14.4. The fraction of sp³-hybridized carbons (Fsp3) is 0.658.